The number of Topliss-reactive ketones (excluding diaryl/α,β-unsaturated/α-hetero) is 1. The van der Waals surface area contributed by atoms with Crippen LogP contribution in [0.5, 0.6) is 23.0 Å². The van der Waals surface area contributed by atoms with Crippen molar-refractivity contribution in [1.29, 1.82) is 0 Å². The van der Waals surface area contributed by atoms with E-state index in [9.17, 15) is 4.79 Å². The number of fused-ring (bicyclic) bond motifs is 1. The molecule has 0 saturated heterocycles. The maximum atomic E-state index is 12.9. The lowest BCUT2D eigenvalue weighted by molar-refractivity contribution is 0.0916. The maximum Gasteiger partial charge on any atom is 0.203 e. The van der Waals surface area contributed by atoms with Gasteiger partial charge in [0.2, 0.25) is 5.78 Å². The lowest BCUT2D eigenvalue weighted by Gasteiger charge is -2.29. The fraction of sp³-hybridized carbons (Fsp3) is 0.269. The van der Waals surface area contributed by atoms with Crippen molar-refractivity contribution in [2.45, 2.75) is 26.4 Å². The van der Waals surface area contributed by atoms with E-state index in [1.165, 1.54) is 0 Å². The van der Waals surface area contributed by atoms with Gasteiger partial charge in [-0.2, -0.15) is 0 Å². The van der Waals surface area contributed by atoms with Crippen LogP contribution >= 0.6 is 0 Å². The molecule has 1 aliphatic heterocycles. The van der Waals surface area contributed by atoms with E-state index < -0.39 is 0 Å². The molecule has 0 N–H and O–H groups in total. The highest BCUT2D eigenvalue weighted by molar-refractivity contribution is 6.00. The van der Waals surface area contributed by atoms with E-state index in [0.717, 1.165) is 16.9 Å². The second kappa shape index (κ2) is 9.56. The van der Waals surface area contributed by atoms with Crippen molar-refractivity contribution in [3.05, 3.63) is 78.4 Å². The molecule has 5 nitrogen and oxygen atoms in total. The Bertz CT molecular complexity index is 1020. The van der Waals surface area contributed by atoms with Crippen molar-refractivity contribution in [2.24, 2.45) is 0 Å². The molecular weight excluding hydrogens is 392 g/mol. The van der Waals surface area contributed by atoms with Crippen molar-refractivity contribution >= 4 is 11.9 Å². The molecule has 1 aliphatic rings. The predicted octanol–water partition coefficient (Wildman–Crippen LogP) is 5.57. The summed E-state index contributed by atoms with van der Waals surface area (Å²) in [5, 5.41) is 0. The normalized spacial score (nSPS) is 13.5. The minimum Gasteiger partial charge on any atom is -0.489 e. The number of rotatable bonds is 10. The molecule has 0 unspecified atom stereocenters. The van der Waals surface area contributed by atoms with E-state index in [1.54, 1.807) is 30.4 Å². The lowest BCUT2D eigenvalue weighted by atomic mass is 10.0. The van der Waals surface area contributed by atoms with Crippen LogP contribution in [0.4, 0.5) is 0 Å². The molecule has 0 saturated carbocycles. The third-order valence-electron chi connectivity index (χ3n) is 4.61. The van der Waals surface area contributed by atoms with Crippen LogP contribution in [-0.4, -0.2) is 31.2 Å². The summed E-state index contributed by atoms with van der Waals surface area (Å²) in [4.78, 5) is 12.9. The Labute approximate surface area is 183 Å². The Hall–Kier alpha value is -3.47. The summed E-state index contributed by atoms with van der Waals surface area (Å²) in [5.74, 6) is 2.16. The Morgan fingerprint density at radius 2 is 1.77 bits per heavy atom. The van der Waals surface area contributed by atoms with Gasteiger partial charge in [0.1, 0.15) is 41.8 Å². The number of ketones is 1. The fourth-order valence-corrected chi connectivity index (χ4v) is 3.17. The number of hydrogen-bond acceptors (Lipinski definition) is 5. The van der Waals surface area contributed by atoms with Crippen LogP contribution in [0.15, 0.2) is 61.7 Å². The molecule has 5 heteroatoms. The Morgan fingerprint density at radius 1 is 1.03 bits per heavy atom. The standard InChI is InChI=1S/C26H28O5/c1-6-12-28-19-8-9-20(24(16-19)29-13-7-2)22(27)17-30-23-14-18(3)15-25-21(23)10-11-26(4,5)31-25/h6-11,14-16H,1-2,12-13,17H2,3-5H3. The van der Waals surface area contributed by atoms with Crippen LogP contribution in [0.3, 0.4) is 0 Å². The van der Waals surface area contributed by atoms with Crippen molar-refractivity contribution in [3.8, 4) is 23.0 Å². The summed E-state index contributed by atoms with van der Waals surface area (Å²) in [7, 11) is 0. The van der Waals surface area contributed by atoms with Gasteiger partial charge in [-0.1, -0.05) is 25.3 Å². The number of carbonyl (C=O) groups excluding carboxylic acids is 1. The van der Waals surface area contributed by atoms with Gasteiger partial charge in [0.25, 0.3) is 0 Å². The SMILES string of the molecule is C=CCOc1ccc(C(=O)COc2cc(C)cc3c2C=CC(C)(C)O3)c(OCC=C)c1. The third-order valence-corrected chi connectivity index (χ3v) is 4.61. The van der Waals surface area contributed by atoms with Gasteiger partial charge in [0.15, 0.2) is 6.61 Å². The summed E-state index contributed by atoms with van der Waals surface area (Å²) in [6.45, 7) is 13.7. The average molecular weight is 421 g/mol. The molecule has 1 heterocycles. The summed E-state index contributed by atoms with van der Waals surface area (Å²) < 4.78 is 23.2. The van der Waals surface area contributed by atoms with Crippen LogP contribution in [0.1, 0.15) is 35.3 Å². The summed E-state index contributed by atoms with van der Waals surface area (Å²) in [6.07, 6.45) is 7.22. The first-order valence-electron chi connectivity index (χ1n) is 10.1. The van der Waals surface area contributed by atoms with E-state index in [2.05, 4.69) is 13.2 Å². The number of aryl methyl sites for hydroxylation is 1. The Kier molecular flexibility index (Phi) is 6.85. The Balaban J connectivity index is 1.80. The molecule has 2 aromatic rings. The van der Waals surface area contributed by atoms with Gasteiger partial charge in [-0.3, -0.25) is 4.79 Å². The molecule has 2 aromatic carbocycles. The molecule has 0 atom stereocenters. The van der Waals surface area contributed by atoms with Crippen molar-refractivity contribution in [1.82, 2.24) is 0 Å². The van der Waals surface area contributed by atoms with E-state index in [4.69, 9.17) is 18.9 Å². The van der Waals surface area contributed by atoms with Crippen molar-refractivity contribution < 1.29 is 23.7 Å². The van der Waals surface area contributed by atoms with E-state index in [-0.39, 0.29) is 24.6 Å². The van der Waals surface area contributed by atoms with Crippen molar-refractivity contribution in [2.75, 3.05) is 19.8 Å². The molecule has 0 bridgehead atoms. The summed E-state index contributed by atoms with van der Waals surface area (Å²) in [5.41, 5.74) is 1.85. The summed E-state index contributed by atoms with van der Waals surface area (Å²) >= 11 is 0. The molecule has 31 heavy (non-hydrogen) atoms. The zero-order valence-electron chi connectivity index (χ0n) is 18.3. The highest BCUT2D eigenvalue weighted by Gasteiger charge is 2.24. The number of carbonyl (C=O) groups is 1. The highest BCUT2D eigenvalue weighted by atomic mass is 16.5. The number of ether oxygens (including phenoxy) is 4. The summed E-state index contributed by atoms with van der Waals surface area (Å²) in [6, 6.07) is 8.97. The van der Waals surface area contributed by atoms with Gasteiger partial charge >= 0.3 is 0 Å². The first-order chi connectivity index (χ1) is 14.8. The lowest BCUT2D eigenvalue weighted by Crippen LogP contribution is -2.27. The minimum atomic E-state index is -0.388. The number of hydrogen-bond donors (Lipinski definition) is 0. The first-order valence-corrected chi connectivity index (χ1v) is 10.1. The third kappa shape index (κ3) is 5.57. The van der Waals surface area contributed by atoms with Gasteiger partial charge in [0.05, 0.1) is 11.1 Å². The van der Waals surface area contributed by atoms with E-state index in [0.29, 0.717) is 29.4 Å². The first kappa shape index (κ1) is 22.2. The average Bonchev–Trinajstić information content (AvgIpc) is 2.73. The van der Waals surface area contributed by atoms with Crippen LogP contribution in [0.25, 0.3) is 6.08 Å². The largest absolute Gasteiger partial charge is 0.489 e. The Morgan fingerprint density at radius 3 is 2.52 bits per heavy atom. The van der Waals surface area contributed by atoms with Gasteiger partial charge in [-0.25, -0.2) is 0 Å². The topological polar surface area (TPSA) is 54.0 Å². The molecule has 0 radical (unpaired) electrons. The quantitative estimate of drug-likeness (QED) is 0.371. The van der Waals surface area contributed by atoms with E-state index in [1.807, 2.05) is 45.1 Å². The van der Waals surface area contributed by atoms with Gasteiger partial charge in [0, 0.05) is 6.07 Å². The van der Waals surface area contributed by atoms with Crippen LogP contribution < -0.4 is 18.9 Å². The fourth-order valence-electron chi connectivity index (χ4n) is 3.17. The minimum absolute atomic E-state index is 0.134. The predicted molar refractivity (Wildman–Crippen MR) is 123 cm³/mol. The van der Waals surface area contributed by atoms with Crippen LogP contribution in [-0.2, 0) is 0 Å². The van der Waals surface area contributed by atoms with E-state index >= 15 is 0 Å². The molecule has 0 aromatic heterocycles. The zero-order valence-corrected chi connectivity index (χ0v) is 18.3. The molecular formula is C26H28O5. The monoisotopic (exact) mass is 420 g/mol. The zero-order chi connectivity index (χ0) is 22.4. The molecule has 0 amide bonds. The smallest absolute Gasteiger partial charge is 0.203 e. The van der Waals surface area contributed by atoms with Gasteiger partial charge in [-0.15, -0.1) is 0 Å². The van der Waals surface area contributed by atoms with Gasteiger partial charge < -0.3 is 18.9 Å². The number of benzene rings is 2. The van der Waals surface area contributed by atoms with Crippen LogP contribution in [0.2, 0.25) is 0 Å². The van der Waals surface area contributed by atoms with Crippen LogP contribution in [0, 0.1) is 6.92 Å². The highest BCUT2D eigenvalue weighted by Crippen LogP contribution is 2.38. The molecule has 0 aliphatic carbocycles. The second-order valence-electron chi connectivity index (χ2n) is 7.78. The van der Waals surface area contributed by atoms with Crippen molar-refractivity contribution in [3.63, 3.8) is 0 Å². The molecule has 0 spiro atoms. The molecule has 0 fully saturated rings. The second-order valence-corrected chi connectivity index (χ2v) is 7.78. The maximum absolute atomic E-state index is 12.9. The molecule has 162 valence electrons. The van der Waals surface area contributed by atoms with Gasteiger partial charge in [-0.05, 0) is 62.8 Å². The molecule has 3 rings (SSSR count).